The van der Waals surface area contributed by atoms with Crippen molar-refractivity contribution < 1.29 is 0 Å². The van der Waals surface area contributed by atoms with Crippen molar-refractivity contribution in [3.63, 3.8) is 0 Å². The van der Waals surface area contributed by atoms with Gasteiger partial charge in [-0.1, -0.05) is 123 Å². The van der Waals surface area contributed by atoms with Crippen molar-refractivity contribution in [1.82, 2.24) is 9.97 Å². The van der Waals surface area contributed by atoms with Gasteiger partial charge in [0.1, 0.15) is 0 Å². The highest BCUT2D eigenvalue weighted by Gasteiger charge is 2.38. The van der Waals surface area contributed by atoms with Crippen molar-refractivity contribution in [2.24, 2.45) is 5.41 Å². The Balaban J connectivity index is 1.27. The molecule has 8 rings (SSSR count). The van der Waals surface area contributed by atoms with Crippen LogP contribution in [0, 0.1) is 5.41 Å². The number of benzene rings is 3. The summed E-state index contributed by atoms with van der Waals surface area (Å²) < 4.78 is 0. The number of aromatic nitrogens is 2. The second-order valence-corrected chi connectivity index (χ2v) is 13.4. The minimum atomic E-state index is 0.163. The quantitative estimate of drug-likeness (QED) is 0.202. The van der Waals surface area contributed by atoms with E-state index in [0.29, 0.717) is 11.8 Å². The van der Waals surface area contributed by atoms with Crippen molar-refractivity contribution in [3.8, 4) is 22.5 Å². The van der Waals surface area contributed by atoms with Crippen LogP contribution in [-0.2, 0) is 0 Å². The van der Waals surface area contributed by atoms with Crippen LogP contribution in [0.25, 0.3) is 34.2 Å². The molecule has 0 saturated heterocycles. The highest BCUT2D eigenvalue weighted by Crippen LogP contribution is 2.55. The zero-order valence-corrected chi connectivity index (χ0v) is 25.5. The van der Waals surface area contributed by atoms with Gasteiger partial charge in [0, 0.05) is 41.3 Å². The lowest BCUT2D eigenvalue weighted by atomic mass is 9.63. The summed E-state index contributed by atoms with van der Waals surface area (Å²) in [5, 5.41) is 0. The van der Waals surface area contributed by atoms with Crippen LogP contribution in [-0.4, -0.2) is 9.97 Å². The SMILES string of the molecule is CC(C)(C)C1=Cc2ccc3c4c2C(C=CC4C(c2ccc(-c4ccccn4)cc2)C=C3c2ccc(-c3ccccn3)cc2)C1. The molecular formula is C42H36N2. The molecule has 0 fully saturated rings. The van der Waals surface area contributed by atoms with E-state index in [-0.39, 0.29) is 11.3 Å². The summed E-state index contributed by atoms with van der Waals surface area (Å²) in [6, 6.07) is 35.0. The molecule has 2 aromatic heterocycles. The summed E-state index contributed by atoms with van der Waals surface area (Å²) >= 11 is 0. The van der Waals surface area contributed by atoms with Gasteiger partial charge in [0.2, 0.25) is 0 Å². The molecule has 5 aromatic rings. The predicted octanol–water partition coefficient (Wildman–Crippen LogP) is 10.6. The maximum absolute atomic E-state index is 4.58. The average molecular weight is 569 g/mol. The summed E-state index contributed by atoms with van der Waals surface area (Å²) in [6.07, 6.45) is 14.8. The minimum absolute atomic E-state index is 0.163. The van der Waals surface area contributed by atoms with Gasteiger partial charge in [0.25, 0.3) is 0 Å². The summed E-state index contributed by atoms with van der Waals surface area (Å²) in [4.78, 5) is 9.15. The largest absolute Gasteiger partial charge is 0.256 e. The summed E-state index contributed by atoms with van der Waals surface area (Å²) in [5.74, 6) is 0.967. The van der Waals surface area contributed by atoms with Gasteiger partial charge in [-0.15, -0.1) is 0 Å². The molecule has 0 aliphatic heterocycles. The third kappa shape index (κ3) is 4.57. The molecule has 2 heterocycles. The Morgan fingerprint density at radius 1 is 0.614 bits per heavy atom. The molecule has 0 bridgehead atoms. The van der Waals surface area contributed by atoms with E-state index in [9.17, 15) is 0 Å². The number of rotatable bonds is 4. The lowest BCUT2D eigenvalue weighted by Gasteiger charge is -2.41. The zero-order chi connectivity index (χ0) is 29.8. The number of allylic oxidation sites excluding steroid dienone is 4. The van der Waals surface area contributed by atoms with Crippen LogP contribution in [0.1, 0.15) is 78.3 Å². The summed E-state index contributed by atoms with van der Waals surface area (Å²) in [7, 11) is 0. The lowest BCUT2D eigenvalue weighted by Crippen LogP contribution is -2.25. The first-order chi connectivity index (χ1) is 21.4. The number of hydrogen-bond acceptors (Lipinski definition) is 2. The minimum Gasteiger partial charge on any atom is -0.256 e. The van der Waals surface area contributed by atoms with Gasteiger partial charge in [-0.3, -0.25) is 9.97 Å². The van der Waals surface area contributed by atoms with Crippen LogP contribution in [0.5, 0.6) is 0 Å². The van der Waals surface area contributed by atoms with E-state index >= 15 is 0 Å². The third-order valence-corrected chi connectivity index (χ3v) is 9.74. The van der Waals surface area contributed by atoms with E-state index in [2.05, 4.69) is 128 Å². The Labute approximate surface area is 260 Å². The van der Waals surface area contributed by atoms with Crippen LogP contribution >= 0.6 is 0 Å². The van der Waals surface area contributed by atoms with Crippen molar-refractivity contribution in [3.05, 3.63) is 167 Å². The van der Waals surface area contributed by atoms with E-state index in [4.69, 9.17) is 0 Å². The van der Waals surface area contributed by atoms with Crippen molar-refractivity contribution in [2.45, 2.75) is 44.9 Å². The first-order valence-electron chi connectivity index (χ1n) is 15.8. The molecule has 2 heteroatoms. The molecule has 3 atom stereocenters. The second-order valence-electron chi connectivity index (χ2n) is 13.4. The molecule has 0 N–H and O–H groups in total. The smallest absolute Gasteiger partial charge is 0.0701 e. The van der Waals surface area contributed by atoms with Gasteiger partial charge in [-0.25, -0.2) is 0 Å². The van der Waals surface area contributed by atoms with Crippen molar-refractivity contribution >= 4 is 11.6 Å². The first-order valence-corrected chi connectivity index (χ1v) is 15.8. The number of pyridine rings is 2. The van der Waals surface area contributed by atoms with Gasteiger partial charge in [-0.2, -0.15) is 0 Å². The first kappa shape index (κ1) is 26.8. The van der Waals surface area contributed by atoms with Gasteiger partial charge in [0.15, 0.2) is 0 Å². The molecule has 214 valence electrons. The van der Waals surface area contributed by atoms with Crippen molar-refractivity contribution in [1.29, 1.82) is 0 Å². The summed E-state index contributed by atoms with van der Waals surface area (Å²) in [5.41, 5.74) is 15.7. The molecule has 0 radical (unpaired) electrons. The maximum Gasteiger partial charge on any atom is 0.0701 e. The van der Waals surface area contributed by atoms with E-state index < -0.39 is 0 Å². The Hall–Kier alpha value is -4.82. The number of nitrogens with zero attached hydrogens (tertiary/aromatic N) is 2. The predicted molar refractivity (Wildman–Crippen MR) is 182 cm³/mol. The van der Waals surface area contributed by atoms with Gasteiger partial charge in [0.05, 0.1) is 11.4 Å². The number of hydrogen-bond donors (Lipinski definition) is 0. The fourth-order valence-electron chi connectivity index (χ4n) is 7.40. The standard InChI is InChI=1S/C42H36N2/c1-42(2,3)33-24-31-18-20-34-36(27-10-14-29(15-11-27)38-8-4-6-22-43-38)26-37(35-21-19-32(25-33)40(31)41(34)35)28-12-16-30(17-13-28)39-9-5-7-23-44-39/h4-24,26,32,35,37H,25H2,1-3H3. The average Bonchev–Trinajstić information content (AvgIpc) is 3.07. The van der Waals surface area contributed by atoms with E-state index in [1.165, 1.54) is 44.5 Å². The summed E-state index contributed by atoms with van der Waals surface area (Å²) in [6.45, 7) is 7.03. The Morgan fingerprint density at radius 3 is 1.86 bits per heavy atom. The second kappa shape index (κ2) is 10.4. The molecule has 0 saturated carbocycles. The molecule has 0 spiro atoms. The zero-order valence-electron chi connectivity index (χ0n) is 25.5. The molecule has 44 heavy (non-hydrogen) atoms. The van der Waals surface area contributed by atoms with Crippen LogP contribution in [0.3, 0.4) is 0 Å². The molecule has 3 aliphatic carbocycles. The fourth-order valence-corrected chi connectivity index (χ4v) is 7.40. The normalized spacial score (nSPS) is 20.0. The van der Waals surface area contributed by atoms with E-state index in [0.717, 1.165) is 28.9 Å². The van der Waals surface area contributed by atoms with Crippen LogP contribution in [0.15, 0.2) is 133 Å². The van der Waals surface area contributed by atoms with E-state index in [1.54, 1.807) is 0 Å². The molecule has 2 nitrogen and oxygen atoms in total. The molecule has 3 aliphatic rings. The van der Waals surface area contributed by atoms with Crippen molar-refractivity contribution in [2.75, 3.05) is 0 Å². The van der Waals surface area contributed by atoms with Crippen LogP contribution < -0.4 is 0 Å². The highest BCUT2D eigenvalue weighted by molar-refractivity contribution is 5.88. The molecule has 3 aromatic carbocycles. The Bertz CT molecular complexity index is 1940. The van der Waals surface area contributed by atoms with Gasteiger partial charge < -0.3 is 0 Å². The van der Waals surface area contributed by atoms with Gasteiger partial charge >= 0.3 is 0 Å². The third-order valence-electron chi connectivity index (χ3n) is 9.74. The monoisotopic (exact) mass is 568 g/mol. The Kier molecular flexibility index (Phi) is 6.34. The highest BCUT2D eigenvalue weighted by atomic mass is 14.7. The topological polar surface area (TPSA) is 25.8 Å². The molecule has 0 amide bonds. The van der Waals surface area contributed by atoms with Gasteiger partial charge in [-0.05, 0) is 75.1 Å². The fraction of sp³-hybridized carbons (Fsp3) is 0.190. The van der Waals surface area contributed by atoms with E-state index in [1.807, 2.05) is 36.7 Å². The van der Waals surface area contributed by atoms with Crippen LogP contribution in [0.4, 0.5) is 0 Å². The van der Waals surface area contributed by atoms with Crippen LogP contribution in [0.2, 0.25) is 0 Å². The lowest BCUT2D eigenvalue weighted by molar-refractivity contribution is 0.474. The maximum atomic E-state index is 4.58. The Morgan fingerprint density at radius 2 is 1.25 bits per heavy atom. The molecule has 3 unspecified atom stereocenters. The molecular weight excluding hydrogens is 532 g/mol.